The van der Waals surface area contributed by atoms with Gasteiger partial charge in [-0.1, -0.05) is 39.7 Å². The standard InChI is InChI=1S/C9H11BrClNO2S/c1-7(6-10)12-15(13,14)9-5-3-2-4-8(9)11/h2-5,7,12H,6H2,1H3. The first kappa shape index (κ1) is 13.0. The highest BCUT2D eigenvalue weighted by molar-refractivity contribution is 9.09. The van der Waals surface area contributed by atoms with Crippen molar-refractivity contribution < 1.29 is 8.42 Å². The smallest absolute Gasteiger partial charge is 0.207 e. The zero-order valence-corrected chi connectivity index (χ0v) is 11.2. The Morgan fingerprint density at radius 1 is 1.47 bits per heavy atom. The number of rotatable bonds is 4. The Morgan fingerprint density at radius 2 is 2.07 bits per heavy atom. The lowest BCUT2D eigenvalue weighted by Gasteiger charge is -2.12. The molecule has 0 heterocycles. The lowest BCUT2D eigenvalue weighted by Crippen LogP contribution is -2.33. The summed E-state index contributed by atoms with van der Waals surface area (Å²) in [5, 5.41) is 0.781. The van der Waals surface area contributed by atoms with E-state index in [2.05, 4.69) is 20.7 Å². The topological polar surface area (TPSA) is 46.2 Å². The maximum Gasteiger partial charge on any atom is 0.242 e. The zero-order valence-electron chi connectivity index (χ0n) is 8.07. The molecule has 1 rings (SSSR count). The number of alkyl halides is 1. The zero-order chi connectivity index (χ0) is 11.5. The molecule has 84 valence electrons. The Bertz CT molecular complexity index is 435. The summed E-state index contributed by atoms with van der Waals surface area (Å²) in [6.07, 6.45) is 0. The van der Waals surface area contributed by atoms with Gasteiger partial charge in [-0.2, -0.15) is 0 Å². The molecular weight excluding hydrogens is 302 g/mol. The molecule has 1 atom stereocenters. The molecule has 1 aromatic carbocycles. The summed E-state index contributed by atoms with van der Waals surface area (Å²) in [5.74, 6) is 0. The lowest BCUT2D eigenvalue weighted by molar-refractivity contribution is 0.571. The number of sulfonamides is 1. The SMILES string of the molecule is CC(CBr)NS(=O)(=O)c1ccccc1Cl. The summed E-state index contributed by atoms with van der Waals surface area (Å²) in [5.41, 5.74) is 0. The van der Waals surface area contributed by atoms with Crippen molar-refractivity contribution in [2.24, 2.45) is 0 Å². The molecule has 1 N–H and O–H groups in total. The van der Waals surface area contributed by atoms with Crippen LogP contribution in [0.25, 0.3) is 0 Å². The Balaban J connectivity index is 3.02. The Hall–Kier alpha value is -0.100. The van der Waals surface area contributed by atoms with Crippen molar-refractivity contribution in [2.75, 3.05) is 5.33 Å². The van der Waals surface area contributed by atoms with Crippen LogP contribution in [0, 0.1) is 0 Å². The maximum atomic E-state index is 11.8. The van der Waals surface area contributed by atoms with Crippen LogP contribution in [0.5, 0.6) is 0 Å². The van der Waals surface area contributed by atoms with E-state index in [9.17, 15) is 8.42 Å². The third-order valence-electron chi connectivity index (χ3n) is 1.71. The molecule has 0 amide bonds. The van der Waals surface area contributed by atoms with E-state index in [1.807, 2.05) is 0 Å². The summed E-state index contributed by atoms with van der Waals surface area (Å²) >= 11 is 9.00. The minimum atomic E-state index is -3.51. The van der Waals surface area contributed by atoms with Crippen molar-refractivity contribution >= 4 is 37.6 Å². The van der Waals surface area contributed by atoms with Gasteiger partial charge in [0.25, 0.3) is 0 Å². The predicted molar refractivity (Wildman–Crippen MR) is 65.0 cm³/mol. The molecule has 0 saturated carbocycles. The molecule has 0 aliphatic carbocycles. The summed E-state index contributed by atoms with van der Waals surface area (Å²) in [4.78, 5) is 0.111. The molecule has 0 aliphatic heterocycles. The highest BCUT2D eigenvalue weighted by atomic mass is 79.9. The highest BCUT2D eigenvalue weighted by Crippen LogP contribution is 2.20. The molecule has 6 heteroatoms. The number of hydrogen-bond acceptors (Lipinski definition) is 2. The van der Waals surface area contributed by atoms with Crippen molar-refractivity contribution in [3.8, 4) is 0 Å². The molecule has 1 unspecified atom stereocenters. The Labute approximate surface area is 103 Å². The van der Waals surface area contributed by atoms with E-state index in [4.69, 9.17) is 11.6 Å². The van der Waals surface area contributed by atoms with Crippen LogP contribution in [-0.2, 0) is 10.0 Å². The van der Waals surface area contributed by atoms with E-state index in [-0.39, 0.29) is 16.0 Å². The van der Waals surface area contributed by atoms with Gasteiger partial charge in [0.15, 0.2) is 0 Å². The summed E-state index contributed by atoms with van der Waals surface area (Å²) in [6.45, 7) is 1.77. The van der Waals surface area contributed by atoms with E-state index < -0.39 is 10.0 Å². The molecule has 0 aromatic heterocycles. The van der Waals surface area contributed by atoms with E-state index in [1.165, 1.54) is 6.07 Å². The van der Waals surface area contributed by atoms with Crippen molar-refractivity contribution in [3.05, 3.63) is 29.3 Å². The van der Waals surface area contributed by atoms with Crippen LogP contribution in [0.15, 0.2) is 29.2 Å². The second-order valence-electron chi connectivity index (χ2n) is 3.11. The van der Waals surface area contributed by atoms with Gasteiger partial charge in [0, 0.05) is 11.4 Å². The fourth-order valence-electron chi connectivity index (χ4n) is 1.02. The van der Waals surface area contributed by atoms with Crippen LogP contribution < -0.4 is 4.72 Å². The number of hydrogen-bond donors (Lipinski definition) is 1. The van der Waals surface area contributed by atoms with Gasteiger partial charge in [0.05, 0.1) is 5.02 Å². The van der Waals surface area contributed by atoms with Crippen LogP contribution in [-0.4, -0.2) is 19.8 Å². The normalized spacial score (nSPS) is 13.8. The van der Waals surface area contributed by atoms with Gasteiger partial charge >= 0.3 is 0 Å². The molecular formula is C9H11BrClNO2S. The quantitative estimate of drug-likeness (QED) is 0.868. The second-order valence-corrected chi connectivity index (χ2v) is 5.84. The fraction of sp³-hybridized carbons (Fsp3) is 0.333. The monoisotopic (exact) mass is 311 g/mol. The largest absolute Gasteiger partial charge is 0.242 e. The van der Waals surface area contributed by atoms with Gasteiger partial charge in [0.1, 0.15) is 4.90 Å². The summed E-state index contributed by atoms with van der Waals surface area (Å²) < 4.78 is 26.1. The van der Waals surface area contributed by atoms with Gasteiger partial charge < -0.3 is 0 Å². The molecule has 0 aliphatic rings. The summed E-state index contributed by atoms with van der Waals surface area (Å²) in [7, 11) is -3.51. The molecule has 0 fully saturated rings. The second kappa shape index (κ2) is 5.30. The van der Waals surface area contributed by atoms with Crippen LogP contribution in [0.2, 0.25) is 5.02 Å². The molecule has 0 saturated heterocycles. The van der Waals surface area contributed by atoms with Crippen molar-refractivity contribution in [1.29, 1.82) is 0 Å². The van der Waals surface area contributed by atoms with Gasteiger partial charge in [-0.25, -0.2) is 13.1 Å². The summed E-state index contributed by atoms with van der Waals surface area (Å²) in [6, 6.07) is 6.18. The van der Waals surface area contributed by atoms with Crippen molar-refractivity contribution in [3.63, 3.8) is 0 Å². The molecule has 0 radical (unpaired) electrons. The number of halogens is 2. The average Bonchev–Trinajstić information content (AvgIpc) is 2.17. The van der Waals surface area contributed by atoms with Crippen LogP contribution in [0.1, 0.15) is 6.92 Å². The predicted octanol–water partition coefficient (Wildman–Crippen LogP) is 2.40. The fourth-order valence-corrected chi connectivity index (χ4v) is 3.16. The highest BCUT2D eigenvalue weighted by Gasteiger charge is 2.19. The number of benzene rings is 1. The minimum Gasteiger partial charge on any atom is -0.207 e. The van der Waals surface area contributed by atoms with Crippen LogP contribution in [0.3, 0.4) is 0 Å². The van der Waals surface area contributed by atoms with Crippen LogP contribution >= 0.6 is 27.5 Å². The molecule has 15 heavy (non-hydrogen) atoms. The molecule has 3 nitrogen and oxygen atoms in total. The number of nitrogens with one attached hydrogen (secondary N) is 1. The van der Waals surface area contributed by atoms with E-state index >= 15 is 0 Å². The first-order valence-electron chi connectivity index (χ1n) is 4.30. The molecule has 0 bridgehead atoms. The van der Waals surface area contributed by atoms with Gasteiger partial charge in [-0.05, 0) is 19.1 Å². The van der Waals surface area contributed by atoms with Crippen molar-refractivity contribution in [2.45, 2.75) is 17.9 Å². The molecule has 0 spiro atoms. The third kappa shape index (κ3) is 3.45. The van der Waals surface area contributed by atoms with E-state index in [0.29, 0.717) is 5.33 Å². The van der Waals surface area contributed by atoms with Crippen LogP contribution in [0.4, 0.5) is 0 Å². The average molecular weight is 313 g/mol. The first-order valence-corrected chi connectivity index (χ1v) is 7.28. The third-order valence-corrected chi connectivity index (χ3v) is 4.77. The maximum absolute atomic E-state index is 11.8. The van der Waals surface area contributed by atoms with Gasteiger partial charge in [0.2, 0.25) is 10.0 Å². The minimum absolute atomic E-state index is 0.111. The Morgan fingerprint density at radius 3 is 2.60 bits per heavy atom. The molecule has 1 aromatic rings. The Kier molecular flexibility index (Phi) is 4.58. The van der Waals surface area contributed by atoms with Crippen molar-refractivity contribution in [1.82, 2.24) is 4.72 Å². The first-order chi connectivity index (χ1) is 6.97. The lowest BCUT2D eigenvalue weighted by atomic mass is 10.4. The van der Waals surface area contributed by atoms with E-state index in [1.54, 1.807) is 25.1 Å². The van der Waals surface area contributed by atoms with Gasteiger partial charge in [-0.15, -0.1) is 0 Å². The van der Waals surface area contributed by atoms with E-state index in [0.717, 1.165) is 0 Å². The van der Waals surface area contributed by atoms with Gasteiger partial charge in [-0.3, -0.25) is 0 Å².